The lowest BCUT2D eigenvalue weighted by Crippen LogP contribution is -2.63. The summed E-state index contributed by atoms with van der Waals surface area (Å²) >= 11 is 0. The number of fused-ring (bicyclic) bond motifs is 3. The highest BCUT2D eigenvalue weighted by Crippen LogP contribution is 2.44. The first kappa shape index (κ1) is 32.3. The van der Waals surface area contributed by atoms with E-state index < -0.39 is 29.0 Å². The average Bonchev–Trinajstić information content (AvgIpc) is 3.37. The van der Waals surface area contributed by atoms with Crippen molar-refractivity contribution < 1.29 is 33.7 Å². The van der Waals surface area contributed by atoms with E-state index in [1.165, 1.54) is 0 Å². The van der Waals surface area contributed by atoms with Gasteiger partial charge in [-0.05, 0) is 57.3 Å². The highest BCUT2D eigenvalue weighted by Gasteiger charge is 2.51. The number of benzene rings is 4. The minimum atomic E-state index is -1.67. The van der Waals surface area contributed by atoms with Crippen molar-refractivity contribution in [1.82, 2.24) is 5.32 Å². The Hall–Kier alpha value is -5.11. The maximum absolute atomic E-state index is 13.8. The predicted octanol–water partition coefficient (Wildman–Crippen LogP) is 7.50. The van der Waals surface area contributed by atoms with Crippen molar-refractivity contribution >= 4 is 18.0 Å². The average molecular weight is 622 g/mol. The lowest BCUT2D eigenvalue weighted by atomic mass is 9.70. The molecule has 0 spiro atoms. The third kappa shape index (κ3) is 7.23. The van der Waals surface area contributed by atoms with E-state index in [0.29, 0.717) is 17.9 Å². The lowest BCUT2D eigenvalue weighted by molar-refractivity contribution is -0.159. The first-order valence-electron chi connectivity index (χ1n) is 15.4. The highest BCUT2D eigenvalue weighted by molar-refractivity contribution is 5.87. The summed E-state index contributed by atoms with van der Waals surface area (Å²) in [6.07, 6.45) is -1.36. The number of alkyl carbamates (subject to hydrolysis) is 1. The largest absolute Gasteiger partial charge is 0.489 e. The van der Waals surface area contributed by atoms with E-state index in [9.17, 15) is 19.5 Å². The van der Waals surface area contributed by atoms with Crippen LogP contribution in [0.2, 0.25) is 0 Å². The van der Waals surface area contributed by atoms with Crippen molar-refractivity contribution in [3.05, 3.63) is 125 Å². The van der Waals surface area contributed by atoms with E-state index in [-0.39, 0.29) is 32.0 Å². The van der Waals surface area contributed by atoms with Crippen LogP contribution in [0.5, 0.6) is 5.75 Å². The van der Waals surface area contributed by atoms with Gasteiger partial charge >= 0.3 is 18.0 Å². The molecule has 46 heavy (non-hydrogen) atoms. The Morgan fingerprint density at radius 2 is 1.28 bits per heavy atom. The van der Waals surface area contributed by atoms with Gasteiger partial charge in [-0.2, -0.15) is 0 Å². The molecule has 2 N–H and O–H groups in total. The molecule has 0 aliphatic heterocycles. The van der Waals surface area contributed by atoms with E-state index >= 15 is 0 Å². The third-order valence-corrected chi connectivity index (χ3v) is 8.54. The molecule has 8 nitrogen and oxygen atoms in total. The number of ether oxygens (including phenoxy) is 3. The zero-order valence-corrected chi connectivity index (χ0v) is 26.3. The van der Waals surface area contributed by atoms with Crippen molar-refractivity contribution in [2.75, 3.05) is 6.61 Å². The number of carboxylic acid groups (broad SMARTS) is 1. The lowest BCUT2D eigenvalue weighted by Gasteiger charge is -2.42. The molecule has 0 unspecified atom stereocenters. The minimum absolute atomic E-state index is 0.0484. The van der Waals surface area contributed by atoms with Gasteiger partial charge < -0.3 is 24.6 Å². The molecule has 4 aromatic carbocycles. The van der Waals surface area contributed by atoms with Crippen molar-refractivity contribution in [3.63, 3.8) is 0 Å². The summed E-state index contributed by atoms with van der Waals surface area (Å²) in [5, 5.41) is 12.3. The van der Waals surface area contributed by atoms with Gasteiger partial charge in [-0.1, -0.05) is 112 Å². The van der Waals surface area contributed by atoms with Gasteiger partial charge in [-0.25, -0.2) is 9.59 Å². The van der Waals surface area contributed by atoms with Crippen LogP contribution >= 0.6 is 0 Å². The molecule has 0 bridgehead atoms. The maximum atomic E-state index is 13.8. The molecule has 4 aromatic rings. The number of rotatable bonds is 12. The second kappa shape index (κ2) is 13.9. The zero-order valence-electron chi connectivity index (χ0n) is 26.3. The van der Waals surface area contributed by atoms with Gasteiger partial charge in [0.25, 0.3) is 0 Å². The van der Waals surface area contributed by atoms with Crippen molar-refractivity contribution in [2.24, 2.45) is 5.41 Å². The third-order valence-electron chi connectivity index (χ3n) is 8.54. The molecule has 0 saturated carbocycles. The first-order valence-corrected chi connectivity index (χ1v) is 15.4. The minimum Gasteiger partial charge on any atom is -0.489 e. The van der Waals surface area contributed by atoms with Crippen LogP contribution in [0.25, 0.3) is 11.1 Å². The van der Waals surface area contributed by atoms with Crippen LogP contribution in [-0.4, -0.2) is 35.3 Å². The standard InChI is InChI=1S/C38H39NO7/c1-37(2,3)38(22-21-34(40)41,35(42)45-24-27-17-19-28(20-18-27)44-23-26-11-5-4-6-12-26)39-36(43)46-25-33-31-15-9-7-13-29(31)30-14-8-10-16-32(30)33/h4-20,33H,21-25H2,1-3H3,(H,39,43)(H,40,41)/t38-/m0/s1. The Bertz CT molecular complexity index is 1630. The fourth-order valence-corrected chi connectivity index (χ4v) is 5.88. The first-order chi connectivity index (χ1) is 22.1. The quantitative estimate of drug-likeness (QED) is 0.158. The summed E-state index contributed by atoms with van der Waals surface area (Å²) in [4.78, 5) is 38.9. The van der Waals surface area contributed by atoms with Crippen molar-refractivity contribution in [3.8, 4) is 16.9 Å². The number of aliphatic carboxylic acids is 1. The van der Waals surface area contributed by atoms with Crippen molar-refractivity contribution in [2.45, 2.75) is 58.3 Å². The second-order valence-electron chi connectivity index (χ2n) is 12.5. The number of nitrogens with one attached hydrogen (secondary N) is 1. The van der Waals surface area contributed by atoms with Gasteiger partial charge in [0.05, 0.1) is 0 Å². The van der Waals surface area contributed by atoms with Gasteiger partial charge in [-0.3, -0.25) is 4.79 Å². The number of carbonyl (C=O) groups excluding carboxylic acids is 2. The van der Waals surface area contributed by atoms with Gasteiger partial charge in [0, 0.05) is 12.3 Å². The molecule has 8 heteroatoms. The molecule has 1 aliphatic rings. The number of hydrogen-bond acceptors (Lipinski definition) is 6. The fraction of sp³-hybridized carbons (Fsp3) is 0.289. The number of hydrogen-bond donors (Lipinski definition) is 2. The summed E-state index contributed by atoms with van der Waals surface area (Å²) in [6, 6.07) is 33.0. The van der Waals surface area contributed by atoms with Crippen LogP contribution in [0.3, 0.4) is 0 Å². The SMILES string of the molecule is CC(C)(C)[C@@](CCC(=O)O)(NC(=O)OCC1c2ccccc2-c2ccccc21)C(=O)OCc1ccc(OCc2ccccc2)cc1. The number of carboxylic acids is 1. The van der Waals surface area contributed by atoms with Gasteiger partial charge in [0.15, 0.2) is 0 Å². The smallest absolute Gasteiger partial charge is 0.408 e. The van der Waals surface area contributed by atoms with Crippen LogP contribution in [0.15, 0.2) is 103 Å². The Labute approximate surface area is 269 Å². The fourth-order valence-electron chi connectivity index (χ4n) is 5.88. The molecule has 0 aromatic heterocycles. The van der Waals surface area contributed by atoms with E-state index in [1.54, 1.807) is 45.0 Å². The number of amides is 1. The topological polar surface area (TPSA) is 111 Å². The zero-order chi connectivity index (χ0) is 32.7. The second-order valence-corrected chi connectivity index (χ2v) is 12.5. The Balaban J connectivity index is 1.27. The molecule has 0 radical (unpaired) electrons. The van der Waals surface area contributed by atoms with Gasteiger partial charge in [0.1, 0.15) is 31.1 Å². The van der Waals surface area contributed by atoms with Crippen molar-refractivity contribution in [1.29, 1.82) is 0 Å². The Kier molecular flexibility index (Phi) is 9.75. The monoisotopic (exact) mass is 621 g/mol. The Morgan fingerprint density at radius 3 is 1.87 bits per heavy atom. The highest BCUT2D eigenvalue weighted by atomic mass is 16.6. The van der Waals surface area contributed by atoms with E-state index in [4.69, 9.17) is 14.2 Å². The molecule has 1 aliphatic carbocycles. The molecule has 238 valence electrons. The summed E-state index contributed by atoms with van der Waals surface area (Å²) in [6.45, 7) is 5.69. The van der Waals surface area contributed by atoms with Gasteiger partial charge in [0.2, 0.25) is 0 Å². The molecule has 0 saturated heterocycles. The Morgan fingerprint density at radius 1 is 0.717 bits per heavy atom. The molecule has 1 atom stereocenters. The molecule has 0 heterocycles. The predicted molar refractivity (Wildman–Crippen MR) is 174 cm³/mol. The van der Waals surface area contributed by atoms with Crippen LogP contribution in [0, 0.1) is 5.41 Å². The number of esters is 1. The van der Waals surface area contributed by atoms with Crippen LogP contribution < -0.4 is 10.1 Å². The van der Waals surface area contributed by atoms with Crippen LogP contribution in [-0.2, 0) is 32.3 Å². The molecule has 1 amide bonds. The van der Waals surface area contributed by atoms with E-state index in [2.05, 4.69) is 5.32 Å². The molecular weight excluding hydrogens is 582 g/mol. The molecular formula is C38H39NO7. The summed E-state index contributed by atoms with van der Waals surface area (Å²) in [5.41, 5.74) is 3.47. The summed E-state index contributed by atoms with van der Waals surface area (Å²) in [5.74, 6) is -1.34. The van der Waals surface area contributed by atoms with Crippen LogP contribution in [0.4, 0.5) is 4.79 Å². The maximum Gasteiger partial charge on any atom is 0.408 e. The van der Waals surface area contributed by atoms with E-state index in [1.807, 2.05) is 78.9 Å². The normalized spacial score (nSPS) is 13.5. The molecule has 0 fully saturated rings. The summed E-state index contributed by atoms with van der Waals surface area (Å²) in [7, 11) is 0. The van der Waals surface area contributed by atoms with Crippen LogP contribution in [0.1, 0.15) is 61.8 Å². The van der Waals surface area contributed by atoms with E-state index in [0.717, 1.165) is 27.8 Å². The summed E-state index contributed by atoms with van der Waals surface area (Å²) < 4.78 is 17.4. The van der Waals surface area contributed by atoms with Gasteiger partial charge in [-0.15, -0.1) is 0 Å². The molecule has 5 rings (SSSR count). The number of carbonyl (C=O) groups is 3.